The van der Waals surface area contributed by atoms with Crippen LogP contribution in [0.5, 0.6) is 5.75 Å². The molecule has 0 aliphatic heterocycles. The molecule has 0 aliphatic rings. The fourth-order valence-electron chi connectivity index (χ4n) is 9.95. The first-order valence-corrected chi connectivity index (χ1v) is 29.3. The molecule has 0 fully saturated rings. The summed E-state index contributed by atoms with van der Waals surface area (Å²) in [6.07, 6.45) is -9.16. The third-order valence-corrected chi connectivity index (χ3v) is 15.2. The van der Waals surface area contributed by atoms with Gasteiger partial charge in [0.15, 0.2) is 5.82 Å². The molecule has 0 aliphatic carbocycles. The zero-order valence-electron chi connectivity index (χ0n) is 50.1. The Morgan fingerprint density at radius 1 is 0.413 bits per heavy atom. The average Bonchev–Trinajstić information content (AvgIpc) is 1.71. The smallest absolute Gasteiger partial charge is 0.406 e. The maximum Gasteiger partial charge on any atom is 0.573 e. The highest BCUT2D eigenvalue weighted by molar-refractivity contribution is 6.31. The number of carbonyl (C=O) groups is 4. The van der Waals surface area contributed by atoms with E-state index in [0.29, 0.717) is 44.1 Å². The fraction of sp³-hybridized carbons (Fsp3) is 0.155. The monoisotopic (exact) mass is 1270 g/mol. The van der Waals surface area contributed by atoms with E-state index in [9.17, 15) is 49.9 Å². The Morgan fingerprint density at radius 2 is 0.772 bits per heavy atom. The number of aromatic amines is 4. The number of amides is 4. The average molecular weight is 1280 g/mol. The number of hydrogen-bond acceptors (Lipinski definition) is 5. The molecule has 4 atom stereocenters. The largest absolute Gasteiger partial charge is 0.573 e. The molecule has 472 valence electrons. The van der Waals surface area contributed by atoms with Crippen molar-refractivity contribution < 1.29 is 54.6 Å². The Bertz CT molecular complexity index is 4510. The number of alkyl halides is 6. The van der Waals surface area contributed by atoms with Gasteiger partial charge in [0.25, 0.3) is 23.6 Å². The van der Waals surface area contributed by atoms with Crippen LogP contribution in [0.15, 0.2) is 212 Å². The fourth-order valence-corrected chi connectivity index (χ4v) is 10.1. The molecule has 4 heterocycles. The van der Waals surface area contributed by atoms with Crippen LogP contribution in [-0.2, 0) is 6.18 Å². The first-order valence-electron chi connectivity index (χ1n) is 28.9. The van der Waals surface area contributed by atoms with E-state index in [0.717, 1.165) is 45.3 Å². The Morgan fingerprint density at radius 3 is 1.17 bits per heavy atom. The standard InChI is InChI=1S/C18H15F3N2O2.C18H15F3N2O.C18H18N2O.C17H14ClFN2O/c1-11(12-5-3-2-4-6-12)22-17(24)16-10-13-9-14(25-18(19,20)21)7-8-15(13)23-16;1-11(12-5-3-2-4-6-12)22-17(24)16-10-13-9-14(18(19,20)21)7-8-15(13)23-16;1-12-7-6-10-16-15(12)11-17(20-16)18(21)19-13(2)14-8-4-3-5-9-14;1-10(11-5-3-2-4-6-11)20-17(22)15-9-12-14(21-15)8-7-13(18)16(12)19/h2-11,23H,1H3,(H,22,24);2-11,23H,1H3,(H,22,24);3-11,13,20H,1-2H3,(H,19,21);2-10,21H,1H3,(H,20,22)/t2*11-;;10-/m11.1/s1. The summed E-state index contributed by atoms with van der Waals surface area (Å²) in [4.78, 5) is 61.2. The number of halogens is 8. The van der Waals surface area contributed by atoms with Gasteiger partial charge in [-0.2, -0.15) is 13.2 Å². The molecule has 0 saturated carbocycles. The lowest BCUT2D eigenvalue weighted by Crippen LogP contribution is -2.26. The Labute approximate surface area is 528 Å². The van der Waals surface area contributed by atoms with Gasteiger partial charge < -0.3 is 45.9 Å². The molecule has 0 saturated heterocycles. The molecule has 0 bridgehead atoms. The Kier molecular flexibility index (Phi) is 20.7. The lowest BCUT2D eigenvalue weighted by molar-refractivity contribution is -0.274. The summed E-state index contributed by atoms with van der Waals surface area (Å²) in [5.41, 5.74) is 8.39. The lowest BCUT2D eigenvalue weighted by atomic mass is 10.1. The topological polar surface area (TPSA) is 189 Å². The van der Waals surface area contributed by atoms with Gasteiger partial charge in [-0.05, 0) is 141 Å². The summed E-state index contributed by atoms with van der Waals surface area (Å²) in [5.74, 6) is -1.93. The summed E-state index contributed by atoms with van der Waals surface area (Å²) in [7, 11) is 0. The van der Waals surface area contributed by atoms with Gasteiger partial charge in [0.1, 0.15) is 28.5 Å². The number of ether oxygens (including phenoxy) is 1. The highest BCUT2D eigenvalue weighted by Gasteiger charge is 2.32. The number of aryl methyl sites for hydroxylation is 1. The molecule has 12 rings (SSSR count). The quantitative estimate of drug-likeness (QED) is 0.0533. The minimum atomic E-state index is -4.75. The molecule has 92 heavy (non-hydrogen) atoms. The van der Waals surface area contributed by atoms with Gasteiger partial charge in [-0.1, -0.05) is 145 Å². The van der Waals surface area contributed by atoms with Crippen molar-refractivity contribution in [3.8, 4) is 5.75 Å². The number of rotatable bonds is 13. The van der Waals surface area contributed by atoms with Gasteiger partial charge in [0.05, 0.1) is 34.8 Å². The number of nitrogens with one attached hydrogen (secondary N) is 8. The van der Waals surface area contributed by atoms with Crippen LogP contribution in [-0.4, -0.2) is 49.9 Å². The van der Waals surface area contributed by atoms with Gasteiger partial charge >= 0.3 is 12.5 Å². The van der Waals surface area contributed by atoms with Crippen molar-refractivity contribution in [2.24, 2.45) is 0 Å². The van der Waals surface area contributed by atoms with E-state index < -0.39 is 23.9 Å². The van der Waals surface area contributed by atoms with Gasteiger partial charge in [0, 0.05) is 43.6 Å². The zero-order valence-corrected chi connectivity index (χ0v) is 50.8. The molecule has 8 N–H and O–H groups in total. The van der Waals surface area contributed by atoms with Crippen LogP contribution in [0.4, 0.5) is 30.7 Å². The molecule has 0 spiro atoms. The second-order valence-corrected chi connectivity index (χ2v) is 22.0. The Balaban J connectivity index is 0.000000145. The molecular formula is C71H62ClF7N8O5. The minimum absolute atomic E-state index is 0.0220. The maximum absolute atomic E-state index is 13.9. The molecule has 4 amide bonds. The summed E-state index contributed by atoms with van der Waals surface area (Å²) >= 11 is 5.75. The van der Waals surface area contributed by atoms with Crippen molar-refractivity contribution in [2.75, 3.05) is 0 Å². The van der Waals surface area contributed by atoms with Gasteiger partial charge in [-0.3, -0.25) is 19.2 Å². The minimum Gasteiger partial charge on any atom is -0.406 e. The molecule has 13 nitrogen and oxygen atoms in total. The summed E-state index contributed by atoms with van der Waals surface area (Å²) < 4.78 is 92.9. The first kappa shape index (κ1) is 65.8. The van der Waals surface area contributed by atoms with Crippen molar-refractivity contribution in [2.45, 2.75) is 71.3 Å². The summed E-state index contributed by atoms with van der Waals surface area (Å²) in [5, 5.41) is 13.8. The number of H-pyrrole nitrogens is 4. The second kappa shape index (κ2) is 28.9. The number of aromatic nitrogens is 4. The lowest BCUT2D eigenvalue weighted by Gasteiger charge is -2.13. The van der Waals surface area contributed by atoms with E-state index in [2.05, 4.69) is 45.9 Å². The van der Waals surface area contributed by atoms with E-state index in [4.69, 9.17) is 11.6 Å². The van der Waals surface area contributed by atoms with E-state index in [1.165, 1.54) is 54.1 Å². The van der Waals surface area contributed by atoms with Crippen molar-refractivity contribution in [1.29, 1.82) is 0 Å². The number of benzene rings is 8. The third kappa shape index (κ3) is 17.0. The van der Waals surface area contributed by atoms with Gasteiger partial charge in [-0.15, -0.1) is 13.2 Å². The van der Waals surface area contributed by atoms with Crippen LogP contribution in [0.25, 0.3) is 43.6 Å². The van der Waals surface area contributed by atoms with Crippen molar-refractivity contribution in [3.05, 3.63) is 279 Å². The summed E-state index contributed by atoms with van der Waals surface area (Å²) in [6.45, 7) is 9.63. The van der Waals surface area contributed by atoms with Crippen LogP contribution in [0.3, 0.4) is 0 Å². The van der Waals surface area contributed by atoms with Crippen molar-refractivity contribution in [3.63, 3.8) is 0 Å². The molecule has 0 radical (unpaired) electrons. The van der Waals surface area contributed by atoms with Crippen LogP contribution in [0, 0.1) is 12.7 Å². The highest BCUT2D eigenvalue weighted by Crippen LogP contribution is 2.33. The van der Waals surface area contributed by atoms with E-state index in [1.807, 2.05) is 180 Å². The van der Waals surface area contributed by atoms with Gasteiger partial charge in [0.2, 0.25) is 0 Å². The van der Waals surface area contributed by atoms with Crippen LogP contribution >= 0.6 is 11.6 Å². The first-order chi connectivity index (χ1) is 43.9. The number of fused-ring (bicyclic) bond motifs is 4. The number of carbonyl (C=O) groups excluding carboxylic acids is 4. The van der Waals surface area contributed by atoms with Crippen molar-refractivity contribution in [1.82, 2.24) is 41.2 Å². The van der Waals surface area contributed by atoms with Crippen LogP contribution in [0.1, 0.15) is 127 Å². The van der Waals surface area contributed by atoms with Crippen LogP contribution < -0.4 is 26.0 Å². The second-order valence-electron chi connectivity index (χ2n) is 21.6. The SMILES string of the molecule is C[C@@H](NC(=O)c1cc2c(F)c(Cl)ccc2[nH]1)c1ccccc1.C[C@@H](NC(=O)c1cc2cc(C(F)(F)F)ccc2[nH]1)c1ccccc1.C[C@@H](NC(=O)c1cc2cc(OC(F)(F)F)ccc2[nH]1)c1ccccc1.Cc1cccc2[nH]c(C(=O)NC(C)c3ccccc3)cc12. The van der Waals surface area contributed by atoms with Crippen molar-refractivity contribution >= 4 is 78.8 Å². The normalized spacial score (nSPS) is 12.6. The molecular weight excluding hydrogens is 1210 g/mol. The van der Waals surface area contributed by atoms with Gasteiger partial charge in [-0.25, -0.2) is 4.39 Å². The predicted octanol–water partition coefficient (Wildman–Crippen LogP) is 17.7. The zero-order chi connectivity index (χ0) is 65.9. The molecule has 21 heteroatoms. The van der Waals surface area contributed by atoms with E-state index in [-0.39, 0.29) is 70.0 Å². The Hall–Kier alpha value is -10.6. The van der Waals surface area contributed by atoms with E-state index in [1.54, 1.807) is 6.07 Å². The van der Waals surface area contributed by atoms with E-state index >= 15 is 0 Å². The predicted molar refractivity (Wildman–Crippen MR) is 344 cm³/mol. The summed E-state index contributed by atoms with van der Waals surface area (Å²) in [6, 6.07) is 60.5. The molecule has 12 aromatic rings. The molecule has 8 aromatic carbocycles. The highest BCUT2D eigenvalue weighted by atomic mass is 35.5. The molecule has 4 aromatic heterocycles. The maximum atomic E-state index is 13.9. The molecule has 1 unspecified atom stereocenters. The number of hydrogen-bond donors (Lipinski definition) is 8. The third-order valence-electron chi connectivity index (χ3n) is 14.9. The van der Waals surface area contributed by atoms with Crippen LogP contribution in [0.2, 0.25) is 5.02 Å².